The van der Waals surface area contributed by atoms with Crippen LogP contribution < -0.4 is 5.32 Å². The zero-order valence-electron chi connectivity index (χ0n) is 11.3. The van der Waals surface area contributed by atoms with E-state index in [2.05, 4.69) is 26.1 Å². The predicted molar refractivity (Wildman–Crippen MR) is 82.3 cm³/mol. The zero-order valence-corrected chi connectivity index (χ0v) is 12.9. The topological polar surface area (TPSA) is 52.6 Å². The molecule has 2 atom stereocenters. The summed E-state index contributed by atoms with van der Waals surface area (Å²) >= 11 is 3.47. The molecule has 108 valence electrons. The lowest BCUT2D eigenvalue weighted by molar-refractivity contribution is 0.0697. The molecule has 20 heavy (non-hydrogen) atoms. The van der Waals surface area contributed by atoms with Gasteiger partial charge in [-0.3, -0.25) is 4.90 Å². The summed E-state index contributed by atoms with van der Waals surface area (Å²) < 4.78 is 0.826. The first-order chi connectivity index (χ1) is 9.65. The van der Waals surface area contributed by atoms with Crippen LogP contribution in [-0.4, -0.2) is 41.1 Å². The molecule has 1 aromatic carbocycles. The van der Waals surface area contributed by atoms with E-state index in [0.717, 1.165) is 16.6 Å². The number of nitrogens with one attached hydrogen (secondary N) is 1. The van der Waals surface area contributed by atoms with E-state index in [1.807, 2.05) is 6.07 Å². The Kier molecular flexibility index (Phi) is 3.98. The Bertz CT molecular complexity index is 521. The fourth-order valence-corrected chi connectivity index (χ4v) is 3.87. The van der Waals surface area contributed by atoms with Crippen LogP contribution >= 0.6 is 15.9 Å². The van der Waals surface area contributed by atoms with Gasteiger partial charge < -0.3 is 10.4 Å². The van der Waals surface area contributed by atoms with Crippen LogP contribution in [0.2, 0.25) is 0 Å². The summed E-state index contributed by atoms with van der Waals surface area (Å²) in [4.78, 5) is 13.5. The number of hydrogen-bond acceptors (Lipinski definition) is 3. The van der Waals surface area contributed by atoms with Crippen molar-refractivity contribution in [1.29, 1.82) is 0 Å². The van der Waals surface area contributed by atoms with Crippen LogP contribution in [0.3, 0.4) is 0 Å². The van der Waals surface area contributed by atoms with Gasteiger partial charge in [-0.2, -0.15) is 0 Å². The molecule has 0 amide bonds. The smallest absolute Gasteiger partial charge is 0.335 e. The molecule has 0 aromatic heterocycles. The van der Waals surface area contributed by atoms with Crippen LogP contribution in [0.15, 0.2) is 22.7 Å². The Hall–Kier alpha value is -1.07. The fraction of sp³-hybridized carbons (Fsp3) is 0.533. The standard InChI is InChI=1S/C15H19BrN2O2/c16-11-9-10(15(19)20)4-5-12(11)17-13-6-8-18-7-2-1-3-14(13)18/h4-5,9,13-14,17H,1-3,6-8H2,(H,19,20). The molecule has 2 unspecified atom stereocenters. The van der Waals surface area contributed by atoms with Crippen molar-refractivity contribution < 1.29 is 9.90 Å². The van der Waals surface area contributed by atoms with Crippen LogP contribution in [0.1, 0.15) is 36.0 Å². The highest BCUT2D eigenvalue weighted by Crippen LogP contribution is 2.32. The highest BCUT2D eigenvalue weighted by atomic mass is 79.9. The molecule has 2 aliphatic heterocycles. The maximum Gasteiger partial charge on any atom is 0.335 e. The highest BCUT2D eigenvalue weighted by Gasteiger charge is 2.35. The number of carboxylic acids is 1. The minimum atomic E-state index is -0.892. The van der Waals surface area contributed by atoms with Gasteiger partial charge in [0.05, 0.1) is 5.56 Å². The van der Waals surface area contributed by atoms with Crippen molar-refractivity contribution in [3.8, 4) is 0 Å². The van der Waals surface area contributed by atoms with Crippen LogP contribution in [0.4, 0.5) is 5.69 Å². The number of piperidine rings is 1. The summed E-state index contributed by atoms with van der Waals surface area (Å²) in [5, 5.41) is 12.6. The molecule has 0 spiro atoms. The molecule has 5 heteroatoms. The Morgan fingerprint density at radius 2 is 2.15 bits per heavy atom. The molecule has 4 nitrogen and oxygen atoms in total. The number of benzene rings is 1. The van der Waals surface area contributed by atoms with E-state index in [9.17, 15) is 4.79 Å². The van der Waals surface area contributed by atoms with Gasteiger partial charge in [0.25, 0.3) is 0 Å². The predicted octanol–water partition coefficient (Wildman–Crippen LogP) is 3.19. The average molecular weight is 339 g/mol. The number of carboxylic acid groups (broad SMARTS) is 1. The monoisotopic (exact) mass is 338 g/mol. The van der Waals surface area contributed by atoms with Crippen molar-refractivity contribution in [2.24, 2.45) is 0 Å². The Balaban J connectivity index is 1.73. The average Bonchev–Trinajstić information content (AvgIpc) is 2.84. The number of aromatic carboxylic acids is 1. The Morgan fingerprint density at radius 3 is 2.90 bits per heavy atom. The zero-order chi connectivity index (χ0) is 14.1. The number of rotatable bonds is 3. The summed E-state index contributed by atoms with van der Waals surface area (Å²) in [6.45, 7) is 2.40. The Labute approximate surface area is 127 Å². The second-order valence-corrected chi connectivity index (χ2v) is 6.49. The summed E-state index contributed by atoms with van der Waals surface area (Å²) in [6, 6.07) is 6.29. The number of nitrogens with zero attached hydrogens (tertiary/aromatic N) is 1. The highest BCUT2D eigenvalue weighted by molar-refractivity contribution is 9.10. The van der Waals surface area contributed by atoms with Gasteiger partial charge in [-0.25, -0.2) is 4.79 Å². The van der Waals surface area contributed by atoms with Crippen LogP contribution in [0.5, 0.6) is 0 Å². The number of hydrogen-bond donors (Lipinski definition) is 2. The summed E-state index contributed by atoms with van der Waals surface area (Å²) in [6.07, 6.45) is 5.07. The van der Waals surface area contributed by atoms with E-state index in [-0.39, 0.29) is 0 Å². The quantitative estimate of drug-likeness (QED) is 0.888. The minimum Gasteiger partial charge on any atom is -0.478 e. The Morgan fingerprint density at radius 1 is 1.30 bits per heavy atom. The largest absolute Gasteiger partial charge is 0.478 e. The number of fused-ring (bicyclic) bond motifs is 1. The molecule has 1 aromatic rings. The molecule has 2 saturated heterocycles. The van der Waals surface area contributed by atoms with Gasteiger partial charge in [-0.15, -0.1) is 0 Å². The van der Waals surface area contributed by atoms with Crippen LogP contribution in [0.25, 0.3) is 0 Å². The third-order valence-corrected chi connectivity index (χ3v) is 5.07. The van der Waals surface area contributed by atoms with Gasteiger partial charge in [0.1, 0.15) is 0 Å². The summed E-state index contributed by atoms with van der Waals surface area (Å²) in [7, 11) is 0. The molecule has 3 rings (SSSR count). The van der Waals surface area contributed by atoms with Crippen LogP contribution in [0, 0.1) is 0 Å². The molecular formula is C15H19BrN2O2. The normalized spacial score (nSPS) is 26.2. The number of anilines is 1. The minimum absolute atomic E-state index is 0.313. The number of halogens is 1. The summed E-state index contributed by atoms with van der Waals surface area (Å²) in [5.41, 5.74) is 1.31. The first kappa shape index (κ1) is 13.9. The van der Waals surface area contributed by atoms with Crippen molar-refractivity contribution in [3.05, 3.63) is 28.2 Å². The first-order valence-corrected chi connectivity index (χ1v) is 7.98. The van der Waals surface area contributed by atoms with E-state index in [4.69, 9.17) is 5.11 Å². The van der Waals surface area contributed by atoms with E-state index < -0.39 is 5.97 Å². The third-order valence-electron chi connectivity index (χ3n) is 4.41. The number of carbonyl (C=O) groups is 1. The molecule has 0 bridgehead atoms. The molecule has 0 saturated carbocycles. The van der Waals surface area contributed by atoms with Crippen molar-refractivity contribution in [2.45, 2.75) is 37.8 Å². The van der Waals surface area contributed by atoms with Crippen molar-refractivity contribution in [2.75, 3.05) is 18.4 Å². The van der Waals surface area contributed by atoms with E-state index in [0.29, 0.717) is 17.6 Å². The second-order valence-electron chi connectivity index (χ2n) is 5.64. The summed E-state index contributed by atoms with van der Waals surface area (Å²) in [5.74, 6) is -0.892. The SMILES string of the molecule is O=C(O)c1ccc(NC2CCN3CCCCC23)c(Br)c1. The molecule has 0 aliphatic carbocycles. The molecule has 0 radical (unpaired) electrons. The van der Waals surface area contributed by atoms with Crippen molar-refractivity contribution in [3.63, 3.8) is 0 Å². The van der Waals surface area contributed by atoms with E-state index >= 15 is 0 Å². The fourth-order valence-electron chi connectivity index (χ4n) is 3.38. The molecule has 2 fully saturated rings. The van der Waals surface area contributed by atoms with Crippen molar-refractivity contribution >= 4 is 27.6 Å². The van der Waals surface area contributed by atoms with Crippen LogP contribution in [-0.2, 0) is 0 Å². The van der Waals surface area contributed by atoms with Gasteiger partial charge in [0.2, 0.25) is 0 Å². The lowest BCUT2D eigenvalue weighted by Crippen LogP contribution is -2.41. The molecule has 2 aliphatic rings. The lowest BCUT2D eigenvalue weighted by Gasteiger charge is -2.33. The van der Waals surface area contributed by atoms with Crippen molar-refractivity contribution in [1.82, 2.24) is 4.90 Å². The van der Waals surface area contributed by atoms with Gasteiger partial charge in [-0.05, 0) is 59.9 Å². The van der Waals surface area contributed by atoms with E-state index in [1.54, 1.807) is 12.1 Å². The molecular weight excluding hydrogens is 320 g/mol. The van der Waals surface area contributed by atoms with E-state index in [1.165, 1.54) is 32.4 Å². The third kappa shape index (κ3) is 2.69. The maximum atomic E-state index is 10.9. The van der Waals surface area contributed by atoms with Gasteiger partial charge in [-0.1, -0.05) is 6.42 Å². The van der Waals surface area contributed by atoms with Gasteiger partial charge in [0.15, 0.2) is 0 Å². The second kappa shape index (κ2) is 5.74. The lowest BCUT2D eigenvalue weighted by atomic mass is 9.99. The maximum absolute atomic E-state index is 10.9. The molecule has 2 N–H and O–H groups in total. The van der Waals surface area contributed by atoms with Gasteiger partial charge >= 0.3 is 5.97 Å². The molecule has 2 heterocycles. The first-order valence-electron chi connectivity index (χ1n) is 7.18. The van der Waals surface area contributed by atoms with Gasteiger partial charge in [0, 0.05) is 28.8 Å².